The van der Waals surface area contributed by atoms with Crippen LogP contribution in [0.4, 0.5) is 0 Å². The minimum absolute atomic E-state index is 0. The molecule has 2 heterocycles. The van der Waals surface area contributed by atoms with Gasteiger partial charge in [0.1, 0.15) is 0 Å². The predicted octanol–water partition coefficient (Wildman–Crippen LogP) is 5.77. The molecule has 2 aromatic carbocycles. The number of hydrogen-bond donors (Lipinski definition) is 0. The Bertz CT molecular complexity index is 1170. The van der Waals surface area contributed by atoms with Gasteiger partial charge >= 0.3 is 5.97 Å². The molecular weight excluding hydrogens is 524 g/mol. The van der Waals surface area contributed by atoms with Gasteiger partial charge in [-0.15, -0.1) is 12.4 Å². The molecule has 6 nitrogen and oxygen atoms in total. The summed E-state index contributed by atoms with van der Waals surface area (Å²) in [5.41, 5.74) is 5.01. The zero-order chi connectivity index (χ0) is 28.0. The Labute approximate surface area is 245 Å². The summed E-state index contributed by atoms with van der Waals surface area (Å²) in [6.07, 6.45) is 5.40. The first-order valence-corrected chi connectivity index (χ1v) is 14.6. The zero-order valence-corrected chi connectivity index (χ0v) is 25.4. The first-order valence-electron chi connectivity index (χ1n) is 14.6. The van der Waals surface area contributed by atoms with Crippen molar-refractivity contribution < 1.29 is 19.1 Å². The molecule has 0 aliphatic carbocycles. The molecule has 1 amide bonds. The van der Waals surface area contributed by atoms with Gasteiger partial charge in [-0.05, 0) is 87.1 Å². The number of likely N-dealkylation sites (tertiary alicyclic amines) is 1. The van der Waals surface area contributed by atoms with E-state index in [4.69, 9.17) is 4.74 Å². The van der Waals surface area contributed by atoms with Crippen molar-refractivity contribution in [3.8, 4) is 0 Å². The molecule has 0 spiro atoms. The standard InChI is InChI=1S/C33H44N2O4.ClH/c1-5-39-32(38)33(3,4)30-11-6-26(7-12-30)23-34-18-16-27-9-10-29(22-28(27)17-19-34)31(37)13-8-25-14-20-35(21-15-25)24(2)36;/h6-7,9-12,22,25H,5,8,13-21,23H2,1-4H3;1H. The lowest BCUT2D eigenvalue weighted by atomic mass is 9.84. The molecule has 0 saturated carbocycles. The molecule has 218 valence electrons. The zero-order valence-electron chi connectivity index (χ0n) is 24.5. The Balaban J connectivity index is 0.00000441. The van der Waals surface area contributed by atoms with E-state index < -0.39 is 5.41 Å². The fourth-order valence-electron chi connectivity index (χ4n) is 5.83. The lowest BCUT2D eigenvalue weighted by Crippen LogP contribution is -2.37. The number of ketones is 1. The van der Waals surface area contributed by atoms with Gasteiger partial charge in [0.25, 0.3) is 0 Å². The molecule has 2 aromatic rings. The van der Waals surface area contributed by atoms with E-state index in [1.54, 1.807) is 6.92 Å². The number of piperidine rings is 1. The van der Waals surface area contributed by atoms with Crippen molar-refractivity contribution in [1.82, 2.24) is 9.80 Å². The number of carbonyl (C=O) groups excluding carboxylic acids is 3. The molecule has 2 aliphatic heterocycles. The molecule has 0 N–H and O–H groups in total. The van der Waals surface area contributed by atoms with Crippen LogP contribution in [0.2, 0.25) is 0 Å². The van der Waals surface area contributed by atoms with Gasteiger partial charge in [-0.3, -0.25) is 19.3 Å². The molecule has 4 rings (SSSR count). The SMILES string of the molecule is CCOC(=O)C(C)(C)c1ccc(CN2CCc3ccc(C(=O)CCC4CCN(C(C)=O)CC4)cc3CC2)cc1.Cl. The van der Waals surface area contributed by atoms with E-state index in [9.17, 15) is 14.4 Å². The maximum absolute atomic E-state index is 13.0. The summed E-state index contributed by atoms with van der Waals surface area (Å²) in [5.74, 6) is 0.722. The molecule has 0 radical (unpaired) electrons. The van der Waals surface area contributed by atoms with Crippen LogP contribution in [0.15, 0.2) is 42.5 Å². The second-order valence-electron chi connectivity index (χ2n) is 11.7. The average molecular weight is 569 g/mol. The summed E-state index contributed by atoms with van der Waals surface area (Å²) in [7, 11) is 0. The summed E-state index contributed by atoms with van der Waals surface area (Å²) in [5, 5.41) is 0. The maximum atomic E-state index is 13.0. The average Bonchev–Trinajstić information content (AvgIpc) is 3.14. The van der Waals surface area contributed by atoms with Crippen molar-refractivity contribution >= 4 is 30.1 Å². The third-order valence-corrected chi connectivity index (χ3v) is 8.63. The van der Waals surface area contributed by atoms with Crippen LogP contribution >= 0.6 is 12.4 Å². The number of benzene rings is 2. The van der Waals surface area contributed by atoms with Gasteiger partial charge in [-0.25, -0.2) is 0 Å². The van der Waals surface area contributed by atoms with Crippen LogP contribution in [0, 0.1) is 5.92 Å². The number of ether oxygens (including phenoxy) is 1. The number of rotatable bonds is 9. The number of halogens is 1. The van der Waals surface area contributed by atoms with Gasteiger partial charge in [0.15, 0.2) is 5.78 Å². The van der Waals surface area contributed by atoms with E-state index in [0.717, 1.165) is 76.0 Å². The van der Waals surface area contributed by atoms with Crippen LogP contribution in [0.25, 0.3) is 0 Å². The summed E-state index contributed by atoms with van der Waals surface area (Å²) in [6.45, 7) is 12.1. The Morgan fingerprint density at radius 3 is 2.20 bits per heavy atom. The van der Waals surface area contributed by atoms with Gasteiger partial charge in [0.2, 0.25) is 5.91 Å². The first-order chi connectivity index (χ1) is 18.7. The molecule has 1 fully saturated rings. The quantitative estimate of drug-likeness (QED) is 0.284. The fourth-order valence-corrected chi connectivity index (χ4v) is 5.83. The van der Waals surface area contributed by atoms with Crippen molar-refractivity contribution in [1.29, 1.82) is 0 Å². The summed E-state index contributed by atoms with van der Waals surface area (Å²) in [6, 6.07) is 14.6. The van der Waals surface area contributed by atoms with Crippen LogP contribution in [0.5, 0.6) is 0 Å². The van der Waals surface area contributed by atoms with E-state index in [0.29, 0.717) is 18.9 Å². The summed E-state index contributed by atoms with van der Waals surface area (Å²) in [4.78, 5) is 41.3. The van der Waals surface area contributed by atoms with Gasteiger partial charge < -0.3 is 9.64 Å². The highest BCUT2D eigenvalue weighted by Crippen LogP contribution is 2.27. The van der Waals surface area contributed by atoms with Crippen LogP contribution in [-0.4, -0.2) is 60.2 Å². The highest BCUT2D eigenvalue weighted by Gasteiger charge is 2.31. The molecule has 0 aromatic heterocycles. The lowest BCUT2D eigenvalue weighted by Gasteiger charge is -2.31. The fraction of sp³-hybridized carbons (Fsp3) is 0.545. The largest absolute Gasteiger partial charge is 0.465 e. The molecule has 0 atom stereocenters. The number of nitrogens with zero attached hydrogens (tertiary/aromatic N) is 2. The van der Waals surface area contributed by atoms with Crippen LogP contribution in [-0.2, 0) is 39.1 Å². The molecule has 7 heteroatoms. The first kappa shape index (κ1) is 31.8. The Morgan fingerprint density at radius 2 is 1.57 bits per heavy atom. The molecular formula is C33H45ClN2O4. The molecule has 0 unspecified atom stereocenters. The second kappa shape index (κ2) is 14.3. The highest BCUT2D eigenvalue weighted by atomic mass is 35.5. The van der Waals surface area contributed by atoms with Crippen LogP contribution in [0.1, 0.15) is 86.0 Å². The molecule has 2 aliphatic rings. The van der Waals surface area contributed by atoms with Crippen molar-refractivity contribution in [2.24, 2.45) is 5.92 Å². The van der Waals surface area contributed by atoms with Crippen LogP contribution < -0.4 is 0 Å². The minimum Gasteiger partial charge on any atom is -0.465 e. The summed E-state index contributed by atoms with van der Waals surface area (Å²) < 4.78 is 5.25. The van der Waals surface area contributed by atoms with Crippen molar-refractivity contribution in [3.63, 3.8) is 0 Å². The van der Waals surface area contributed by atoms with Crippen molar-refractivity contribution in [2.45, 2.75) is 78.2 Å². The van der Waals surface area contributed by atoms with E-state index in [1.165, 1.54) is 16.7 Å². The number of carbonyl (C=O) groups is 3. The third-order valence-electron chi connectivity index (χ3n) is 8.63. The van der Waals surface area contributed by atoms with Gasteiger partial charge in [0.05, 0.1) is 12.0 Å². The highest BCUT2D eigenvalue weighted by molar-refractivity contribution is 5.96. The number of Topliss-reactive ketones (excluding diaryl/α,β-unsaturated/α-hetero) is 1. The van der Waals surface area contributed by atoms with Gasteiger partial charge in [0, 0.05) is 51.6 Å². The molecule has 0 bridgehead atoms. The van der Waals surface area contributed by atoms with E-state index >= 15 is 0 Å². The third kappa shape index (κ3) is 7.94. The molecule has 1 saturated heterocycles. The second-order valence-corrected chi connectivity index (χ2v) is 11.7. The Hall–Kier alpha value is -2.70. The van der Waals surface area contributed by atoms with Gasteiger partial charge in [-0.2, -0.15) is 0 Å². The molecule has 40 heavy (non-hydrogen) atoms. The predicted molar refractivity (Wildman–Crippen MR) is 161 cm³/mol. The van der Waals surface area contributed by atoms with E-state index in [1.807, 2.05) is 43.9 Å². The van der Waals surface area contributed by atoms with Gasteiger partial charge in [-0.1, -0.05) is 36.4 Å². The Morgan fingerprint density at radius 1 is 0.925 bits per heavy atom. The van der Waals surface area contributed by atoms with Crippen molar-refractivity contribution in [3.05, 3.63) is 70.3 Å². The number of esters is 1. The minimum atomic E-state index is -0.666. The maximum Gasteiger partial charge on any atom is 0.315 e. The lowest BCUT2D eigenvalue weighted by molar-refractivity contribution is -0.148. The topological polar surface area (TPSA) is 66.9 Å². The van der Waals surface area contributed by atoms with Crippen molar-refractivity contribution in [2.75, 3.05) is 32.8 Å². The van der Waals surface area contributed by atoms with Crippen LogP contribution in [0.3, 0.4) is 0 Å². The van der Waals surface area contributed by atoms with E-state index in [2.05, 4.69) is 29.2 Å². The summed E-state index contributed by atoms with van der Waals surface area (Å²) >= 11 is 0. The Kier molecular flexibility index (Phi) is 11.4. The number of fused-ring (bicyclic) bond motifs is 1. The van der Waals surface area contributed by atoms with E-state index in [-0.39, 0.29) is 30.1 Å². The monoisotopic (exact) mass is 568 g/mol. The number of amides is 1. The normalized spacial score (nSPS) is 16.4. The number of hydrogen-bond acceptors (Lipinski definition) is 5. The smallest absolute Gasteiger partial charge is 0.315 e.